The van der Waals surface area contributed by atoms with Crippen LogP contribution in [0.2, 0.25) is 0 Å². The fraction of sp³-hybridized carbons (Fsp3) is 0.417. The number of anilines is 2. The van der Waals surface area contributed by atoms with Gasteiger partial charge in [0.15, 0.2) is 0 Å². The number of carbonyl (C=O) groups excluding carboxylic acids is 1. The van der Waals surface area contributed by atoms with Gasteiger partial charge in [-0.25, -0.2) is 0 Å². The lowest BCUT2D eigenvalue weighted by molar-refractivity contribution is 0.0827. The number of amides is 1. The van der Waals surface area contributed by atoms with Gasteiger partial charge in [-0.3, -0.25) is 4.79 Å². The first kappa shape index (κ1) is 12.4. The molecule has 1 aromatic rings. The molecule has 0 unspecified atom stereocenters. The van der Waals surface area contributed by atoms with Gasteiger partial charge in [0, 0.05) is 33.3 Å². The van der Waals surface area contributed by atoms with Crippen LogP contribution in [0.4, 0.5) is 11.4 Å². The van der Waals surface area contributed by atoms with Crippen LogP contribution in [-0.4, -0.2) is 38.5 Å². The number of hydrogen-bond donors (Lipinski definition) is 1. The summed E-state index contributed by atoms with van der Waals surface area (Å²) in [6.45, 7) is 2.93. The molecule has 0 saturated heterocycles. The van der Waals surface area contributed by atoms with Crippen LogP contribution in [0.15, 0.2) is 18.2 Å². The van der Waals surface area contributed by atoms with Crippen molar-refractivity contribution in [3.05, 3.63) is 23.8 Å². The first-order valence-electron chi connectivity index (χ1n) is 5.29. The van der Waals surface area contributed by atoms with Crippen LogP contribution in [-0.2, 0) is 0 Å². The Bertz CT molecular complexity index is 388. The number of hydrogen-bond acceptors (Lipinski definition) is 3. The van der Waals surface area contributed by atoms with Crippen LogP contribution in [0, 0.1) is 0 Å². The molecule has 0 aliphatic rings. The molecule has 1 amide bonds. The first-order valence-corrected chi connectivity index (χ1v) is 5.29. The Morgan fingerprint density at radius 1 is 1.31 bits per heavy atom. The molecule has 2 N–H and O–H groups in total. The van der Waals surface area contributed by atoms with E-state index in [4.69, 9.17) is 5.73 Å². The highest BCUT2D eigenvalue weighted by Gasteiger charge is 2.11. The van der Waals surface area contributed by atoms with E-state index in [-0.39, 0.29) is 5.91 Å². The molecule has 0 atom stereocenters. The average Bonchev–Trinajstić information content (AvgIpc) is 2.26. The number of benzene rings is 1. The second kappa shape index (κ2) is 4.88. The van der Waals surface area contributed by atoms with Gasteiger partial charge in [0.25, 0.3) is 5.91 Å². The van der Waals surface area contributed by atoms with Gasteiger partial charge in [-0.05, 0) is 25.1 Å². The van der Waals surface area contributed by atoms with Crippen molar-refractivity contribution in [2.45, 2.75) is 6.92 Å². The van der Waals surface area contributed by atoms with E-state index in [1.54, 1.807) is 26.2 Å². The lowest BCUT2D eigenvalue weighted by Crippen LogP contribution is -2.22. The number of nitrogens with two attached hydrogens (primary N) is 1. The van der Waals surface area contributed by atoms with Gasteiger partial charge in [-0.2, -0.15) is 0 Å². The lowest BCUT2D eigenvalue weighted by atomic mass is 10.1. The molecule has 0 radical (unpaired) electrons. The van der Waals surface area contributed by atoms with Gasteiger partial charge in [0.1, 0.15) is 0 Å². The third-order valence-electron chi connectivity index (χ3n) is 2.57. The minimum Gasteiger partial charge on any atom is -0.397 e. The fourth-order valence-corrected chi connectivity index (χ4v) is 1.46. The quantitative estimate of drug-likeness (QED) is 0.785. The minimum atomic E-state index is -0.0302. The monoisotopic (exact) mass is 221 g/mol. The van der Waals surface area contributed by atoms with E-state index in [9.17, 15) is 4.79 Å². The maximum Gasteiger partial charge on any atom is 0.253 e. The van der Waals surface area contributed by atoms with Crippen molar-refractivity contribution >= 4 is 17.3 Å². The molecule has 0 bridgehead atoms. The summed E-state index contributed by atoms with van der Waals surface area (Å²) in [6.07, 6.45) is 0. The van der Waals surface area contributed by atoms with E-state index < -0.39 is 0 Å². The smallest absolute Gasteiger partial charge is 0.253 e. The Morgan fingerprint density at radius 3 is 2.38 bits per heavy atom. The standard InChI is InChI=1S/C12H19N3O/c1-5-15(4)11-7-6-9(8-10(11)13)12(16)14(2)3/h6-8H,5,13H2,1-4H3. The number of nitrogen functional groups attached to an aromatic ring is 1. The van der Waals surface area contributed by atoms with Crippen molar-refractivity contribution in [2.75, 3.05) is 38.3 Å². The number of rotatable bonds is 3. The topological polar surface area (TPSA) is 49.6 Å². The van der Waals surface area contributed by atoms with E-state index in [0.717, 1.165) is 12.2 Å². The summed E-state index contributed by atoms with van der Waals surface area (Å²) in [5.74, 6) is -0.0302. The summed E-state index contributed by atoms with van der Waals surface area (Å²) in [4.78, 5) is 15.3. The van der Waals surface area contributed by atoms with Crippen molar-refractivity contribution < 1.29 is 4.79 Å². The van der Waals surface area contributed by atoms with Crippen LogP contribution in [0.25, 0.3) is 0 Å². The summed E-state index contributed by atoms with van der Waals surface area (Å²) in [5, 5.41) is 0. The molecule has 4 heteroatoms. The van der Waals surface area contributed by atoms with Crippen LogP contribution in [0.5, 0.6) is 0 Å². The maximum absolute atomic E-state index is 11.7. The molecule has 4 nitrogen and oxygen atoms in total. The number of carbonyl (C=O) groups is 1. The van der Waals surface area contributed by atoms with E-state index in [1.807, 2.05) is 18.0 Å². The SMILES string of the molecule is CCN(C)c1ccc(C(=O)N(C)C)cc1N. The predicted molar refractivity (Wildman–Crippen MR) is 67.8 cm³/mol. The molecule has 0 aliphatic heterocycles. The van der Waals surface area contributed by atoms with Gasteiger partial charge in [0.2, 0.25) is 0 Å². The average molecular weight is 221 g/mol. The van der Waals surface area contributed by atoms with Gasteiger partial charge < -0.3 is 15.5 Å². The Morgan fingerprint density at radius 2 is 1.94 bits per heavy atom. The van der Waals surface area contributed by atoms with Crippen molar-refractivity contribution in [3.63, 3.8) is 0 Å². The molecule has 0 aromatic heterocycles. The normalized spacial score (nSPS) is 10.0. The summed E-state index contributed by atoms with van der Waals surface area (Å²) in [6, 6.07) is 5.42. The molecule has 16 heavy (non-hydrogen) atoms. The van der Waals surface area contributed by atoms with E-state index in [1.165, 1.54) is 4.90 Å². The van der Waals surface area contributed by atoms with Crippen molar-refractivity contribution in [3.8, 4) is 0 Å². The summed E-state index contributed by atoms with van der Waals surface area (Å²) < 4.78 is 0. The molecule has 0 heterocycles. The third-order valence-corrected chi connectivity index (χ3v) is 2.57. The Kier molecular flexibility index (Phi) is 3.77. The highest BCUT2D eigenvalue weighted by atomic mass is 16.2. The molecule has 1 aromatic carbocycles. The van der Waals surface area contributed by atoms with Crippen LogP contribution < -0.4 is 10.6 Å². The van der Waals surface area contributed by atoms with Gasteiger partial charge >= 0.3 is 0 Å². The number of nitrogens with zero attached hydrogens (tertiary/aromatic N) is 2. The lowest BCUT2D eigenvalue weighted by Gasteiger charge is -2.20. The summed E-state index contributed by atoms with van der Waals surface area (Å²) in [5.41, 5.74) is 8.14. The zero-order chi connectivity index (χ0) is 12.3. The molecular weight excluding hydrogens is 202 g/mol. The molecule has 0 fully saturated rings. The van der Waals surface area contributed by atoms with E-state index in [0.29, 0.717) is 11.3 Å². The first-order chi connectivity index (χ1) is 7.47. The molecule has 0 spiro atoms. The zero-order valence-electron chi connectivity index (χ0n) is 10.3. The Balaban J connectivity index is 3.04. The molecule has 1 rings (SSSR count). The van der Waals surface area contributed by atoms with Gasteiger partial charge in [-0.15, -0.1) is 0 Å². The molecular formula is C12H19N3O. The second-order valence-electron chi connectivity index (χ2n) is 3.99. The highest BCUT2D eigenvalue weighted by molar-refractivity contribution is 5.95. The van der Waals surface area contributed by atoms with Gasteiger partial charge in [-0.1, -0.05) is 0 Å². The highest BCUT2D eigenvalue weighted by Crippen LogP contribution is 2.23. The van der Waals surface area contributed by atoms with Crippen LogP contribution in [0.3, 0.4) is 0 Å². The van der Waals surface area contributed by atoms with Gasteiger partial charge in [0.05, 0.1) is 11.4 Å². The Hall–Kier alpha value is -1.71. The van der Waals surface area contributed by atoms with Crippen LogP contribution >= 0.6 is 0 Å². The predicted octanol–water partition coefficient (Wildman–Crippen LogP) is 1.43. The fourth-order valence-electron chi connectivity index (χ4n) is 1.46. The molecule has 88 valence electrons. The van der Waals surface area contributed by atoms with Crippen molar-refractivity contribution in [1.29, 1.82) is 0 Å². The summed E-state index contributed by atoms with van der Waals surface area (Å²) in [7, 11) is 5.42. The van der Waals surface area contributed by atoms with Crippen LogP contribution in [0.1, 0.15) is 17.3 Å². The Labute approximate surface area is 96.6 Å². The largest absolute Gasteiger partial charge is 0.397 e. The van der Waals surface area contributed by atoms with E-state index in [2.05, 4.69) is 6.92 Å². The molecule has 0 saturated carbocycles. The second-order valence-corrected chi connectivity index (χ2v) is 3.99. The summed E-state index contributed by atoms with van der Waals surface area (Å²) >= 11 is 0. The van der Waals surface area contributed by atoms with Crippen molar-refractivity contribution in [1.82, 2.24) is 4.90 Å². The maximum atomic E-state index is 11.7. The van der Waals surface area contributed by atoms with Crippen molar-refractivity contribution in [2.24, 2.45) is 0 Å². The zero-order valence-corrected chi connectivity index (χ0v) is 10.3. The van der Waals surface area contributed by atoms with E-state index >= 15 is 0 Å². The minimum absolute atomic E-state index is 0.0302. The molecule has 0 aliphatic carbocycles. The third kappa shape index (κ3) is 2.45.